The van der Waals surface area contributed by atoms with E-state index in [1.54, 1.807) is 6.07 Å². The minimum atomic E-state index is -3.64. The normalized spacial score (nSPS) is 11.3. The highest BCUT2D eigenvalue weighted by Gasteiger charge is 2.17. The summed E-state index contributed by atoms with van der Waals surface area (Å²) in [6.07, 6.45) is 1.33. The molecule has 2 N–H and O–H groups in total. The van der Waals surface area contributed by atoms with Gasteiger partial charge in [0.15, 0.2) is 5.13 Å². The lowest BCUT2D eigenvalue weighted by atomic mass is 10.4. The number of nitrogens with one attached hydrogen (secondary N) is 2. The third kappa shape index (κ3) is 3.26. The molecule has 2 aromatic heterocycles. The predicted octanol–water partition coefficient (Wildman–Crippen LogP) is 2.39. The highest BCUT2D eigenvalue weighted by Crippen LogP contribution is 2.24. The van der Waals surface area contributed by atoms with Gasteiger partial charge in [-0.15, -0.1) is 11.3 Å². The number of aromatic nitrogens is 2. The van der Waals surface area contributed by atoms with Crippen molar-refractivity contribution in [1.82, 2.24) is 9.97 Å². The van der Waals surface area contributed by atoms with Crippen LogP contribution in [0.2, 0.25) is 0 Å². The van der Waals surface area contributed by atoms with Gasteiger partial charge in [-0.25, -0.2) is 18.4 Å². The highest BCUT2D eigenvalue weighted by atomic mass is 32.2. The number of aryl methyl sites for hydroxylation is 2. The van der Waals surface area contributed by atoms with Gasteiger partial charge < -0.3 is 5.32 Å². The van der Waals surface area contributed by atoms with Gasteiger partial charge in [0.05, 0.1) is 5.69 Å². The summed E-state index contributed by atoms with van der Waals surface area (Å²) in [5.41, 5.74) is 0.827. The third-order valence-corrected chi connectivity index (χ3v) is 5.10. The molecule has 6 nitrogen and oxygen atoms in total. The lowest BCUT2D eigenvalue weighted by molar-refractivity contribution is 0.601. The van der Waals surface area contributed by atoms with Crippen molar-refractivity contribution in [3.8, 4) is 0 Å². The minimum absolute atomic E-state index is 0.115. The second kappa shape index (κ2) is 5.76. The van der Waals surface area contributed by atoms with Gasteiger partial charge in [0.1, 0.15) is 10.7 Å². The zero-order valence-corrected chi connectivity index (χ0v) is 13.1. The maximum absolute atomic E-state index is 12.2. The Morgan fingerprint density at radius 3 is 2.55 bits per heavy atom. The number of anilines is 2. The Bertz CT molecular complexity index is 673. The van der Waals surface area contributed by atoms with Crippen LogP contribution in [-0.4, -0.2) is 24.9 Å². The van der Waals surface area contributed by atoms with E-state index in [4.69, 9.17) is 0 Å². The summed E-state index contributed by atoms with van der Waals surface area (Å²) in [7, 11) is -3.64. The average molecular weight is 312 g/mol. The minimum Gasteiger partial charge on any atom is -0.370 e. The molecule has 0 atom stereocenters. The zero-order valence-electron chi connectivity index (χ0n) is 11.5. The summed E-state index contributed by atoms with van der Waals surface area (Å²) in [6, 6.07) is 3.15. The van der Waals surface area contributed by atoms with Gasteiger partial charge in [-0.1, -0.05) is 0 Å². The molecule has 0 aliphatic carbocycles. The summed E-state index contributed by atoms with van der Waals surface area (Å²) in [4.78, 5) is 9.32. The van der Waals surface area contributed by atoms with Crippen molar-refractivity contribution >= 4 is 32.3 Å². The monoisotopic (exact) mass is 312 g/mol. The molecule has 20 heavy (non-hydrogen) atoms. The van der Waals surface area contributed by atoms with Gasteiger partial charge in [0.25, 0.3) is 10.0 Å². The van der Waals surface area contributed by atoms with E-state index in [9.17, 15) is 8.42 Å². The fourth-order valence-electron chi connectivity index (χ4n) is 1.52. The molecule has 0 fully saturated rings. The van der Waals surface area contributed by atoms with Gasteiger partial charge in [0, 0.05) is 17.6 Å². The number of rotatable bonds is 5. The summed E-state index contributed by atoms with van der Waals surface area (Å²) >= 11 is 1.31. The van der Waals surface area contributed by atoms with Crippen LogP contribution in [0.4, 0.5) is 10.9 Å². The van der Waals surface area contributed by atoms with Crippen LogP contribution in [0.25, 0.3) is 0 Å². The van der Waals surface area contributed by atoms with Crippen molar-refractivity contribution in [3.05, 3.63) is 28.9 Å². The van der Waals surface area contributed by atoms with Crippen molar-refractivity contribution in [2.45, 2.75) is 25.7 Å². The molecule has 0 aliphatic rings. The van der Waals surface area contributed by atoms with Crippen LogP contribution in [0.3, 0.4) is 0 Å². The lowest BCUT2D eigenvalue weighted by Gasteiger charge is -2.06. The molecule has 2 rings (SSSR count). The average Bonchev–Trinajstić information content (AvgIpc) is 2.68. The molecule has 2 heterocycles. The molecule has 0 saturated carbocycles. The zero-order chi connectivity index (χ0) is 14.8. The van der Waals surface area contributed by atoms with Crippen molar-refractivity contribution in [2.24, 2.45) is 0 Å². The molecule has 2 aromatic rings. The Balaban J connectivity index is 2.21. The first-order valence-corrected chi connectivity index (χ1v) is 8.39. The largest absolute Gasteiger partial charge is 0.370 e. The number of thiazole rings is 1. The van der Waals surface area contributed by atoms with Crippen LogP contribution in [0, 0.1) is 13.8 Å². The number of sulfonamides is 1. The van der Waals surface area contributed by atoms with Crippen molar-refractivity contribution in [2.75, 3.05) is 16.6 Å². The number of hydrogen-bond acceptors (Lipinski definition) is 6. The molecule has 8 heteroatoms. The number of nitrogens with zero attached hydrogens (tertiary/aromatic N) is 2. The molecule has 0 saturated heterocycles. The molecular formula is C12H16N4O2S2. The quantitative estimate of drug-likeness (QED) is 0.885. The van der Waals surface area contributed by atoms with E-state index in [1.807, 2.05) is 20.8 Å². The Morgan fingerprint density at radius 1 is 1.30 bits per heavy atom. The Morgan fingerprint density at radius 2 is 2.05 bits per heavy atom. The molecule has 0 amide bonds. The molecule has 0 unspecified atom stereocenters. The lowest BCUT2D eigenvalue weighted by Crippen LogP contribution is -2.13. The first kappa shape index (κ1) is 14.7. The highest BCUT2D eigenvalue weighted by molar-refractivity contribution is 7.93. The van der Waals surface area contributed by atoms with E-state index >= 15 is 0 Å². The molecule has 0 aromatic carbocycles. The van der Waals surface area contributed by atoms with E-state index < -0.39 is 10.0 Å². The van der Waals surface area contributed by atoms with Gasteiger partial charge in [-0.05, 0) is 32.9 Å². The number of pyridine rings is 1. The van der Waals surface area contributed by atoms with Gasteiger partial charge >= 0.3 is 0 Å². The smallest absolute Gasteiger partial charge is 0.265 e. The SMILES string of the molecule is CCNc1ccc(S(=O)(=O)Nc2nc(C)c(C)s2)cn1. The summed E-state index contributed by atoms with van der Waals surface area (Å²) in [6.45, 7) is 6.42. The topological polar surface area (TPSA) is 84.0 Å². The van der Waals surface area contributed by atoms with E-state index in [0.29, 0.717) is 10.9 Å². The van der Waals surface area contributed by atoms with Gasteiger partial charge in [0.2, 0.25) is 0 Å². The summed E-state index contributed by atoms with van der Waals surface area (Å²) in [5.74, 6) is 0.646. The number of hydrogen-bond donors (Lipinski definition) is 2. The predicted molar refractivity (Wildman–Crippen MR) is 80.8 cm³/mol. The second-order valence-corrected chi connectivity index (χ2v) is 7.06. The maximum Gasteiger partial charge on any atom is 0.265 e. The summed E-state index contributed by atoms with van der Waals surface area (Å²) < 4.78 is 26.8. The van der Waals surface area contributed by atoms with Gasteiger partial charge in [-0.3, -0.25) is 4.72 Å². The molecule has 108 valence electrons. The Kier molecular flexibility index (Phi) is 4.24. The van der Waals surface area contributed by atoms with Crippen LogP contribution >= 0.6 is 11.3 Å². The molecule has 0 aliphatic heterocycles. The maximum atomic E-state index is 12.2. The van der Waals surface area contributed by atoms with Crippen molar-refractivity contribution < 1.29 is 8.42 Å². The van der Waals surface area contributed by atoms with Crippen LogP contribution in [-0.2, 0) is 10.0 Å². The molecule has 0 radical (unpaired) electrons. The van der Waals surface area contributed by atoms with E-state index in [-0.39, 0.29) is 4.90 Å². The molecular weight excluding hydrogens is 296 g/mol. The van der Waals surface area contributed by atoms with Crippen molar-refractivity contribution in [3.63, 3.8) is 0 Å². The van der Waals surface area contributed by atoms with E-state index in [1.165, 1.54) is 23.6 Å². The van der Waals surface area contributed by atoms with Gasteiger partial charge in [-0.2, -0.15) is 0 Å². The van der Waals surface area contributed by atoms with E-state index in [2.05, 4.69) is 20.0 Å². The Labute approximate surface area is 122 Å². The summed E-state index contributed by atoms with van der Waals surface area (Å²) in [5, 5.41) is 3.38. The van der Waals surface area contributed by atoms with Crippen molar-refractivity contribution in [1.29, 1.82) is 0 Å². The van der Waals surface area contributed by atoms with Crippen LogP contribution in [0.5, 0.6) is 0 Å². The first-order chi connectivity index (χ1) is 9.42. The molecule has 0 bridgehead atoms. The molecule has 0 spiro atoms. The standard InChI is InChI=1S/C12H16N4O2S2/c1-4-13-11-6-5-10(7-14-11)20(17,18)16-12-15-8(2)9(3)19-12/h5-7H,4H2,1-3H3,(H,13,14)(H,15,16). The van der Waals surface area contributed by atoms with Crippen LogP contribution in [0.15, 0.2) is 23.2 Å². The Hall–Kier alpha value is -1.67. The fraction of sp³-hybridized carbons (Fsp3) is 0.333. The first-order valence-electron chi connectivity index (χ1n) is 6.09. The van der Waals surface area contributed by atoms with E-state index in [0.717, 1.165) is 17.1 Å². The third-order valence-electron chi connectivity index (χ3n) is 2.65. The van der Waals surface area contributed by atoms with Crippen LogP contribution in [0.1, 0.15) is 17.5 Å². The second-order valence-electron chi connectivity index (χ2n) is 4.18. The fourth-order valence-corrected chi connectivity index (χ4v) is 3.51. The van der Waals surface area contributed by atoms with Crippen LogP contribution < -0.4 is 10.0 Å².